The van der Waals surface area contributed by atoms with Crippen LogP contribution in [0.1, 0.15) is 30.7 Å². The molecule has 3 nitrogen and oxygen atoms in total. The summed E-state index contributed by atoms with van der Waals surface area (Å²) >= 11 is 0. The van der Waals surface area contributed by atoms with Crippen molar-refractivity contribution in [3.05, 3.63) is 35.9 Å². The van der Waals surface area contributed by atoms with Gasteiger partial charge in [0.2, 0.25) is 0 Å². The maximum Gasteiger partial charge on any atom is 0.0600 e. The van der Waals surface area contributed by atoms with Crippen LogP contribution in [0.15, 0.2) is 30.3 Å². The molecule has 1 N–H and O–H groups in total. The molecule has 1 unspecified atom stereocenters. The molecule has 0 radical (unpaired) electrons. The third-order valence-corrected chi connectivity index (χ3v) is 4.59. The SMILES string of the molecule is c1ccc(C2CCN(CCOC3CCNCC3)C2)cc1. The van der Waals surface area contributed by atoms with Crippen molar-refractivity contribution in [2.45, 2.75) is 31.3 Å². The van der Waals surface area contributed by atoms with E-state index < -0.39 is 0 Å². The van der Waals surface area contributed by atoms with Crippen LogP contribution in [0.2, 0.25) is 0 Å². The molecule has 0 amide bonds. The Labute approximate surface area is 122 Å². The first-order valence-corrected chi connectivity index (χ1v) is 8.01. The minimum absolute atomic E-state index is 0.490. The zero-order chi connectivity index (χ0) is 13.6. The molecular weight excluding hydrogens is 248 g/mol. The second-order valence-electron chi connectivity index (χ2n) is 6.02. The molecule has 1 aromatic carbocycles. The average molecular weight is 274 g/mol. The quantitative estimate of drug-likeness (QED) is 0.891. The third-order valence-electron chi connectivity index (χ3n) is 4.59. The number of hydrogen-bond acceptors (Lipinski definition) is 3. The molecule has 1 atom stereocenters. The van der Waals surface area contributed by atoms with E-state index in [1.165, 1.54) is 37.9 Å². The van der Waals surface area contributed by atoms with Crippen LogP contribution in [-0.2, 0) is 4.74 Å². The van der Waals surface area contributed by atoms with Crippen LogP contribution in [0.25, 0.3) is 0 Å². The highest BCUT2D eigenvalue weighted by molar-refractivity contribution is 5.20. The van der Waals surface area contributed by atoms with Crippen LogP contribution in [0, 0.1) is 0 Å². The molecule has 3 heteroatoms. The van der Waals surface area contributed by atoms with E-state index in [1.807, 2.05) is 0 Å². The van der Waals surface area contributed by atoms with Crippen molar-refractivity contribution in [1.29, 1.82) is 0 Å². The third kappa shape index (κ3) is 3.81. The van der Waals surface area contributed by atoms with Crippen LogP contribution < -0.4 is 5.32 Å². The number of rotatable bonds is 5. The zero-order valence-electron chi connectivity index (χ0n) is 12.3. The van der Waals surface area contributed by atoms with Gasteiger partial charge in [-0.05, 0) is 50.4 Å². The van der Waals surface area contributed by atoms with Gasteiger partial charge in [-0.25, -0.2) is 0 Å². The first kappa shape index (κ1) is 14.1. The molecular formula is C17H26N2O. The first-order valence-electron chi connectivity index (χ1n) is 8.01. The molecule has 2 aliphatic rings. The number of nitrogens with one attached hydrogen (secondary N) is 1. The van der Waals surface area contributed by atoms with Crippen molar-refractivity contribution in [3.63, 3.8) is 0 Å². The highest BCUT2D eigenvalue weighted by atomic mass is 16.5. The van der Waals surface area contributed by atoms with Crippen LogP contribution in [-0.4, -0.2) is 50.3 Å². The molecule has 0 aromatic heterocycles. The van der Waals surface area contributed by atoms with E-state index in [1.54, 1.807) is 0 Å². The Morgan fingerprint density at radius 2 is 1.90 bits per heavy atom. The second kappa shape index (κ2) is 7.21. The van der Waals surface area contributed by atoms with Crippen molar-refractivity contribution in [1.82, 2.24) is 10.2 Å². The van der Waals surface area contributed by atoms with Gasteiger partial charge in [-0.15, -0.1) is 0 Å². The molecule has 2 fully saturated rings. The van der Waals surface area contributed by atoms with E-state index >= 15 is 0 Å². The first-order chi connectivity index (χ1) is 9.92. The van der Waals surface area contributed by atoms with Gasteiger partial charge >= 0.3 is 0 Å². The number of likely N-dealkylation sites (tertiary alicyclic amines) is 1. The average Bonchev–Trinajstić information content (AvgIpc) is 2.98. The Balaban J connectivity index is 1.37. The van der Waals surface area contributed by atoms with Crippen LogP contribution in [0.5, 0.6) is 0 Å². The van der Waals surface area contributed by atoms with Crippen molar-refractivity contribution >= 4 is 0 Å². The fourth-order valence-electron chi connectivity index (χ4n) is 3.34. The summed E-state index contributed by atoms with van der Waals surface area (Å²) in [5.74, 6) is 0.718. The van der Waals surface area contributed by atoms with Gasteiger partial charge in [0.15, 0.2) is 0 Å². The number of ether oxygens (including phenoxy) is 1. The Morgan fingerprint density at radius 1 is 1.10 bits per heavy atom. The lowest BCUT2D eigenvalue weighted by molar-refractivity contribution is 0.0228. The smallest absolute Gasteiger partial charge is 0.0600 e. The number of nitrogens with zero attached hydrogens (tertiary/aromatic N) is 1. The van der Waals surface area contributed by atoms with Crippen molar-refractivity contribution in [2.75, 3.05) is 39.3 Å². The Kier molecular flexibility index (Phi) is 5.06. The topological polar surface area (TPSA) is 24.5 Å². The fraction of sp³-hybridized carbons (Fsp3) is 0.647. The molecule has 2 heterocycles. The summed E-state index contributed by atoms with van der Waals surface area (Å²) in [5, 5.41) is 3.38. The van der Waals surface area contributed by atoms with Gasteiger partial charge in [-0.2, -0.15) is 0 Å². The second-order valence-corrected chi connectivity index (χ2v) is 6.02. The Bertz CT molecular complexity index is 389. The molecule has 0 saturated carbocycles. The van der Waals surface area contributed by atoms with E-state index in [0.717, 1.165) is 32.2 Å². The fourth-order valence-corrected chi connectivity index (χ4v) is 3.34. The van der Waals surface area contributed by atoms with Crippen molar-refractivity contribution in [3.8, 4) is 0 Å². The molecule has 0 spiro atoms. The molecule has 2 aliphatic heterocycles. The largest absolute Gasteiger partial charge is 0.377 e. The molecule has 1 aromatic rings. The lowest BCUT2D eigenvalue weighted by Crippen LogP contribution is -2.34. The molecule has 0 aliphatic carbocycles. The van der Waals surface area contributed by atoms with E-state index in [0.29, 0.717) is 6.10 Å². The van der Waals surface area contributed by atoms with Gasteiger partial charge in [0.1, 0.15) is 0 Å². The van der Waals surface area contributed by atoms with Crippen LogP contribution in [0.4, 0.5) is 0 Å². The molecule has 110 valence electrons. The van der Waals surface area contributed by atoms with E-state index in [-0.39, 0.29) is 0 Å². The molecule has 20 heavy (non-hydrogen) atoms. The molecule has 3 rings (SSSR count). The van der Waals surface area contributed by atoms with E-state index in [4.69, 9.17) is 4.74 Å². The van der Waals surface area contributed by atoms with Gasteiger partial charge in [0.05, 0.1) is 12.7 Å². The van der Waals surface area contributed by atoms with Crippen molar-refractivity contribution in [2.24, 2.45) is 0 Å². The number of piperidine rings is 1. The summed E-state index contributed by atoms with van der Waals surface area (Å²) in [4.78, 5) is 2.55. The predicted octanol–water partition coefficient (Wildman–Crippen LogP) is 2.24. The predicted molar refractivity (Wildman–Crippen MR) is 82.1 cm³/mol. The number of hydrogen-bond donors (Lipinski definition) is 1. The van der Waals surface area contributed by atoms with Crippen LogP contribution in [0.3, 0.4) is 0 Å². The van der Waals surface area contributed by atoms with Gasteiger partial charge < -0.3 is 15.0 Å². The maximum atomic E-state index is 6.00. The zero-order valence-corrected chi connectivity index (χ0v) is 12.3. The summed E-state index contributed by atoms with van der Waals surface area (Å²) in [6, 6.07) is 10.9. The summed E-state index contributed by atoms with van der Waals surface area (Å²) in [6.45, 7) is 6.63. The molecule has 2 saturated heterocycles. The highest BCUT2D eigenvalue weighted by Crippen LogP contribution is 2.26. The van der Waals surface area contributed by atoms with Gasteiger partial charge in [0.25, 0.3) is 0 Å². The summed E-state index contributed by atoms with van der Waals surface area (Å²) in [5.41, 5.74) is 1.49. The lowest BCUT2D eigenvalue weighted by Gasteiger charge is -2.24. The van der Waals surface area contributed by atoms with Gasteiger partial charge in [0, 0.05) is 13.1 Å². The maximum absolute atomic E-state index is 6.00. The summed E-state index contributed by atoms with van der Waals surface area (Å²) < 4.78 is 6.00. The minimum atomic E-state index is 0.490. The van der Waals surface area contributed by atoms with Gasteiger partial charge in [-0.3, -0.25) is 0 Å². The monoisotopic (exact) mass is 274 g/mol. The summed E-state index contributed by atoms with van der Waals surface area (Å²) in [7, 11) is 0. The summed E-state index contributed by atoms with van der Waals surface area (Å²) in [6.07, 6.45) is 4.13. The van der Waals surface area contributed by atoms with Crippen LogP contribution >= 0.6 is 0 Å². The van der Waals surface area contributed by atoms with Crippen molar-refractivity contribution < 1.29 is 4.74 Å². The normalized spacial score (nSPS) is 25.1. The minimum Gasteiger partial charge on any atom is -0.377 e. The molecule has 0 bridgehead atoms. The highest BCUT2D eigenvalue weighted by Gasteiger charge is 2.23. The number of benzene rings is 1. The Hall–Kier alpha value is -0.900. The van der Waals surface area contributed by atoms with E-state index in [2.05, 4.69) is 40.5 Å². The lowest BCUT2D eigenvalue weighted by atomic mass is 9.99. The standard InChI is InChI=1S/C17H26N2O/c1-2-4-15(5-3-1)16-8-11-19(14-16)12-13-20-17-6-9-18-10-7-17/h1-5,16-18H,6-14H2. The Morgan fingerprint density at radius 3 is 2.70 bits per heavy atom. The van der Waals surface area contributed by atoms with E-state index in [9.17, 15) is 0 Å². The van der Waals surface area contributed by atoms with Gasteiger partial charge in [-0.1, -0.05) is 30.3 Å².